The molecule has 0 saturated heterocycles. The van der Waals surface area contributed by atoms with Crippen molar-refractivity contribution in [3.05, 3.63) is 58.2 Å². The normalized spacial score (nSPS) is 18.5. The zero-order chi connectivity index (χ0) is 22.5. The summed E-state index contributed by atoms with van der Waals surface area (Å²) >= 11 is 0. The fraction of sp³-hybridized carbons (Fsp3) is 0.320. The highest BCUT2D eigenvalue weighted by molar-refractivity contribution is 6.08. The van der Waals surface area contributed by atoms with Crippen LogP contribution in [0.25, 0.3) is 6.08 Å². The molecular formula is C25H26O6. The molecule has 0 aromatic heterocycles. The molecule has 1 unspecified atom stereocenters. The van der Waals surface area contributed by atoms with Crippen LogP contribution < -0.4 is 9.47 Å². The van der Waals surface area contributed by atoms with E-state index in [1.54, 1.807) is 0 Å². The number of carbonyl (C=O) groups excluding carboxylic acids is 1. The summed E-state index contributed by atoms with van der Waals surface area (Å²) in [4.78, 5) is 13.5. The van der Waals surface area contributed by atoms with Gasteiger partial charge in [-0.05, 0) is 52.3 Å². The first-order chi connectivity index (χ1) is 14.6. The van der Waals surface area contributed by atoms with Gasteiger partial charge in [-0.25, -0.2) is 0 Å². The molecule has 2 aliphatic heterocycles. The van der Waals surface area contributed by atoms with Crippen molar-refractivity contribution in [2.45, 2.75) is 45.6 Å². The molecule has 0 amide bonds. The van der Waals surface area contributed by atoms with Crippen LogP contribution in [0.2, 0.25) is 0 Å². The number of carbonyl (C=O) groups is 1. The number of phenols is 3. The number of fused-ring (bicyclic) bond motifs is 3. The van der Waals surface area contributed by atoms with Gasteiger partial charge in [-0.2, -0.15) is 0 Å². The average molecular weight is 422 g/mol. The molecule has 0 saturated carbocycles. The number of rotatable bonds is 3. The van der Waals surface area contributed by atoms with Gasteiger partial charge in [0.15, 0.2) is 5.78 Å². The van der Waals surface area contributed by atoms with E-state index in [4.69, 9.17) is 9.47 Å². The van der Waals surface area contributed by atoms with Gasteiger partial charge >= 0.3 is 0 Å². The molecule has 0 spiro atoms. The van der Waals surface area contributed by atoms with Crippen LogP contribution in [0.4, 0.5) is 0 Å². The molecule has 3 N–H and O–H groups in total. The molecule has 2 aromatic rings. The van der Waals surface area contributed by atoms with Crippen LogP contribution in [0, 0.1) is 0 Å². The Balaban J connectivity index is 1.89. The van der Waals surface area contributed by atoms with Crippen molar-refractivity contribution < 1.29 is 29.6 Å². The third kappa shape index (κ3) is 3.63. The Bertz CT molecular complexity index is 1140. The number of hydrogen-bond acceptors (Lipinski definition) is 6. The third-order valence-corrected chi connectivity index (χ3v) is 5.59. The lowest BCUT2D eigenvalue weighted by Gasteiger charge is -2.34. The fourth-order valence-corrected chi connectivity index (χ4v) is 3.96. The Morgan fingerprint density at radius 1 is 1.19 bits per heavy atom. The van der Waals surface area contributed by atoms with Crippen molar-refractivity contribution in [3.63, 3.8) is 0 Å². The van der Waals surface area contributed by atoms with Gasteiger partial charge in [0, 0.05) is 17.2 Å². The topological polar surface area (TPSA) is 96.2 Å². The van der Waals surface area contributed by atoms with E-state index in [2.05, 4.69) is 0 Å². The summed E-state index contributed by atoms with van der Waals surface area (Å²) in [5, 5.41) is 31.0. The van der Waals surface area contributed by atoms with Gasteiger partial charge in [-0.15, -0.1) is 0 Å². The van der Waals surface area contributed by atoms with Crippen molar-refractivity contribution in [1.29, 1.82) is 0 Å². The molecular weight excluding hydrogens is 396 g/mol. The Kier molecular flexibility index (Phi) is 4.96. The smallest absolute Gasteiger partial charge is 0.181 e. The Morgan fingerprint density at radius 3 is 2.61 bits per heavy atom. The fourth-order valence-electron chi connectivity index (χ4n) is 3.96. The van der Waals surface area contributed by atoms with Gasteiger partial charge in [-0.3, -0.25) is 4.79 Å². The van der Waals surface area contributed by atoms with Gasteiger partial charge < -0.3 is 24.8 Å². The molecule has 4 rings (SSSR count). The van der Waals surface area contributed by atoms with Crippen molar-refractivity contribution in [2.75, 3.05) is 6.61 Å². The number of phenolic OH excluding ortho intramolecular Hbond substituents is 3. The van der Waals surface area contributed by atoms with Gasteiger partial charge in [0.1, 0.15) is 46.5 Å². The van der Waals surface area contributed by atoms with Crippen LogP contribution in [0.3, 0.4) is 0 Å². The highest BCUT2D eigenvalue weighted by Crippen LogP contribution is 2.51. The Labute approximate surface area is 181 Å². The minimum Gasteiger partial charge on any atom is -0.508 e. The van der Waals surface area contributed by atoms with E-state index in [0.29, 0.717) is 34.6 Å². The van der Waals surface area contributed by atoms with Crippen molar-refractivity contribution in [1.82, 2.24) is 0 Å². The highest BCUT2D eigenvalue weighted by Gasteiger charge is 2.39. The monoisotopic (exact) mass is 422 g/mol. The Hall–Kier alpha value is -3.41. The summed E-state index contributed by atoms with van der Waals surface area (Å²) in [7, 11) is 0. The second-order valence-electron chi connectivity index (χ2n) is 8.77. The average Bonchev–Trinajstić information content (AvgIpc) is 2.67. The van der Waals surface area contributed by atoms with E-state index < -0.39 is 11.5 Å². The molecule has 1 atom stereocenters. The van der Waals surface area contributed by atoms with Crippen LogP contribution in [-0.4, -0.2) is 33.3 Å². The van der Waals surface area contributed by atoms with E-state index in [9.17, 15) is 20.1 Å². The standard InChI is InChI=1S/C25H26O6/c1-13(2)5-7-16-21(28)20-22(29)18(15-8-6-14(26)11-19(15)27)12-30-24(20)17-9-10-25(3,4)31-23(16)17/h5-6,8-11,18,26-28H,7,12H2,1-4H3. The van der Waals surface area contributed by atoms with E-state index in [1.807, 2.05) is 45.9 Å². The maximum Gasteiger partial charge on any atom is 0.181 e. The molecule has 0 fully saturated rings. The number of ether oxygens (including phenoxy) is 2. The van der Waals surface area contributed by atoms with E-state index in [1.165, 1.54) is 18.2 Å². The predicted molar refractivity (Wildman–Crippen MR) is 117 cm³/mol. The number of allylic oxidation sites excluding steroid dienone is 2. The molecule has 31 heavy (non-hydrogen) atoms. The van der Waals surface area contributed by atoms with E-state index in [0.717, 1.165) is 5.57 Å². The lowest BCUT2D eigenvalue weighted by atomic mass is 9.84. The van der Waals surface area contributed by atoms with Crippen LogP contribution in [0.5, 0.6) is 28.7 Å². The summed E-state index contributed by atoms with van der Waals surface area (Å²) in [6, 6.07) is 4.08. The number of benzene rings is 2. The van der Waals surface area contributed by atoms with Crippen LogP contribution in [0.15, 0.2) is 35.9 Å². The van der Waals surface area contributed by atoms with E-state index in [-0.39, 0.29) is 35.2 Å². The molecule has 0 aliphatic carbocycles. The number of Topliss-reactive ketones (excluding diaryl/α,β-unsaturated/α-hetero) is 1. The molecule has 2 aliphatic rings. The minimum absolute atomic E-state index is 0.000594. The molecule has 0 bridgehead atoms. The van der Waals surface area contributed by atoms with Gasteiger partial charge in [0.05, 0.1) is 11.5 Å². The zero-order valence-electron chi connectivity index (χ0n) is 18.0. The molecule has 6 nitrogen and oxygen atoms in total. The second kappa shape index (κ2) is 7.38. The van der Waals surface area contributed by atoms with Gasteiger partial charge in [0.25, 0.3) is 0 Å². The molecule has 162 valence electrons. The Morgan fingerprint density at radius 2 is 1.94 bits per heavy atom. The van der Waals surface area contributed by atoms with Crippen molar-refractivity contribution in [3.8, 4) is 28.7 Å². The SMILES string of the molecule is CC(C)=CCc1c(O)c2c(c3c1OC(C)(C)C=C3)OCC(c1ccc(O)cc1O)C2=O. The maximum absolute atomic E-state index is 13.5. The maximum atomic E-state index is 13.5. The summed E-state index contributed by atoms with van der Waals surface area (Å²) in [6.07, 6.45) is 6.13. The molecule has 2 aromatic carbocycles. The number of hydrogen-bond donors (Lipinski definition) is 3. The number of ketones is 1. The predicted octanol–water partition coefficient (Wildman–Crippen LogP) is 4.86. The first-order valence-corrected chi connectivity index (χ1v) is 10.2. The summed E-state index contributed by atoms with van der Waals surface area (Å²) in [5.41, 5.74) is 2.10. The summed E-state index contributed by atoms with van der Waals surface area (Å²) in [5.74, 6) is -0.809. The first-order valence-electron chi connectivity index (χ1n) is 10.2. The quantitative estimate of drug-likeness (QED) is 0.612. The van der Waals surface area contributed by atoms with Crippen LogP contribution >= 0.6 is 0 Å². The third-order valence-electron chi connectivity index (χ3n) is 5.59. The summed E-state index contributed by atoms with van der Waals surface area (Å²) in [6.45, 7) is 7.77. The minimum atomic E-state index is -0.807. The molecule has 6 heteroatoms. The number of aromatic hydroxyl groups is 3. The zero-order valence-corrected chi connectivity index (χ0v) is 18.0. The lowest BCUT2D eigenvalue weighted by Crippen LogP contribution is -2.31. The first kappa shape index (κ1) is 20.8. The van der Waals surface area contributed by atoms with Crippen molar-refractivity contribution >= 4 is 11.9 Å². The highest BCUT2D eigenvalue weighted by atomic mass is 16.5. The van der Waals surface area contributed by atoms with Crippen molar-refractivity contribution in [2.24, 2.45) is 0 Å². The van der Waals surface area contributed by atoms with Crippen LogP contribution in [0.1, 0.15) is 60.7 Å². The van der Waals surface area contributed by atoms with Crippen LogP contribution in [-0.2, 0) is 6.42 Å². The molecule has 0 radical (unpaired) electrons. The van der Waals surface area contributed by atoms with Gasteiger partial charge in [-0.1, -0.05) is 17.7 Å². The largest absolute Gasteiger partial charge is 0.508 e. The molecule has 2 heterocycles. The lowest BCUT2D eigenvalue weighted by molar-refractivity contribution is 0.0887. The van der Waals surface area contributed by atoms with E-state index >= 15 is 0 Å². The van der Waals surface area contributed by atoms with Gasteiger partial charge in [0.2, 0.25) is 0 Å². The summed E-state index contributed by atoms with van der Waals surface area (Å²) < 4.78 is 12.1. The second-order valence-corrected chi connectivity index (χ2v) is 8.77.